The maximum absolute atomic E-state index is 13.0. The van der Waals surface area contributed by atoms with Crippen LogP contribution in [-0.2, 0) is 13.1 Å². The fraction of sp³-hybridized carbons (Fsp3) is 0.0909. The van der Waals surface area contributed by atoms with Gasteiger partial charge in [-0.05, 0) is 42.0 Å². The minimum atomic E-state index is -0.280. The van der Waals surface area contributed by atoms with Gasteiger partial charge in [0.15, 0.2) is 0 Å². The molecule has 0 aliphatic heterocycles. The first-order valence-corrected chi connectivity index (χ1v) is 9.36. The molecule has 0 atom stereocenters. The molecule has 2 heterocycles. The number of nitrogens with zero attached hydrogens (tertiary/aromatic N) is 4. The minimum absolute atomic E-state index is 0.224. The van der Waals surface area contributed by atoms with E-state index in [9.17, 15) is 9.18 Å². The summed E-state index contributed by atoms with van der Waals surface area (Å²) < 4.78 is 14.7. The quantitative estimate of drug-likeness (QED) is 0.494. The van der Waals surface area contributed by atoms with Gasteiger partial charge in [0.2, 0.25) is 0 Å². The molecule has 30 heavy (non-hydrogen) atoms. The second kappa shape index (κ2) is 8.95. The smallest absolute Gasteiger partial charge is 0.255 e. The highest BCUT2D eigenvalue weighted by Crippen LogP contribution is 2.18. The highest BCUT2D eigenvalue weighted by molar-refractivity contribution is 5.99. The first-order valence-electron chi connectivity index (χ1n) is 9.36. The second-order valence-corrected chi connectivity index (χ2v) is 6.61. The Labute approximate surface area is 172 Å². The monoisotopic (exact) mass is 402 g/mol. The van der Waals surface area contributed by atoms with E-state index in [0.29, 0.717) is 23.6 Å². The van der Waals surface area contributed by atoms with Crippen LogP contribution in [0.2, 0.25) is 0 Å². The summed E-state index contributed by atoms with van der Waals surface area (Å²) in [5, 5.41) is 14.1. The number of amides is 1. The molecular weight excluding hydrogens is 383 g/mol. The van der Waals surface area contributed by atoms with Gasteiger partial charge in [-0.25, -0.2) is 14.1 Å². The largest absolute Gasteiger partial charge is 0.346 e. The lowest BCUT2D eigenvalue weighted by Crippen LogP contribution is -2.24. The number of hydrogen-bond acceptors (Lipinski definition) is 5. The molecular formula is C22H19FN6O. The number of benzene rings is 2. The molecule has 0 spiro atoms. The van der Waals surface area contributed by atoms with Crippen LogP contribution in [0.1, 0.15) is 21.6 Å². The summed E-state index contributed by atoms with van der Waals surface area (Å²) in [6.45, 7) is 0.691. The van der Waals surface area contributed by atoms with E-state index < -0.39 is 0 Å². The predicted molar refractivity (Wildman–Crippen MR) is 111 cm³/mol. The highest BCUT2D eigenvalue weighted by atomic mass is 19.1. The van der Waals surface area contributed by atoms with Crippen LogP contribution in [-0.4, -0.2) is 25.9 Å². The van der Waals surface area contributed by atoms with E-state index in [-0.39, 0.29) is 18.3 Å². The Hall–Kier alpha value is -4.07. The van der Waals surface area contributed by atoms with Crippen molar-refractivity contribution < 1.29 is 9.18 Å². The Morgan fingerprint density at radius 3 is 2.60 bits per heavy atom. The van der Waals surface area contributed by atoms with Crippen molar-refractivity contribution in [3.63, 3.8) is 0 Å². The van der Waals surface area contributed by atoms with E-state index in [2.05, 4.69) is 25.9 Å². The van der Waals surface area contributed by atoms with Crippen molar-refractivity contribution in [3.8, 4) is 0 Å². The number of carbonyl (C=O) groups excluding carboxylic acids is 1. The summed E-state index contributed by atoms with van der Waals surface area (Å²) in [6.07, 6.45) is 3.37. The van der Waals surface area contributed by atoms with Gasteiger partial charge in [0.1, 0.15) is 17.3 Å². The molecule has 4 aromatic rings. The van der Waals surface area contributed by atoms with Gasteiger partial charge in [0.05, 0.1) is 24.8 Å². The van der Waals surface area contributed by atoms with E-state index in [4.69, 9.17) is 0 Å². The molecule has 0 aliphatic carbocycles. The van der Waals surface area contributed by atoms with Crippen LogP contribution < -0.4 is 10.6 Å². The Bertz CT molecular complexity index is 1130. The third-order valence-electron chi connectivity index (χ3n) is 4.36. The molecule has 0 saturated heterocycles. The lowest BCUT2D eigenvalue weighted by Gasteiger charge is -2.10. The maximum Gasteiger partial charge on any atom is 0.255 e. The van der Waals surface area contributed by atoms with Gasteiger partial charge < -0.3 is 10.6 Å². The average molecular weight is 402 g/mol. The van der Waals surface area contributed by atoms with Crippen molar-refractivity contribution in [1.29, 1.82) is 0 Å². The standard InChI is InChI=1S/C22H19FN6O/c23-17-10-8-16(9-11-17)14-29-15-19(27-28-29)13-25-22(30)20-7-4-12-24-21(20)26-18-5-2-1-3-6-18/h1-12,15H,13-14H2,(H,24,26)(H,25,30). The molecule has 0 saturated carbocycles. The van der Waals surface area contributed by atoms with Crippen LogP contribution in [0, 0.1) is 5.82 Å². The fourth-order valence-corrected chi connectivity index (χ4v) is 2.89. The Kier molecular flexibility index (Phi) is 5.75. The topological polar surface area (TPSA) is 84.7 Å². The number of rotatable bonds is 7. The van der Waals surface area contributed by atoms with Gasteiger partial charge in [-0.1, -0.05) is 35.5 Å². The zero-order valence-corrected chi connectivity index (χ0v) is 16.0. The van der Waals surface area contributed by atoms with Gasteiger partial charge in [0.25, 0.3) is 5.91 Å². The average Bonchev–Trinajstić information content (AvgIpc) is 3.22. The zero-order valence-electron chi connectivity index (χ0n) is 16.0. The molecule has 0 unspecified atom stereocenters. The molecule has 150 valence electrons. The van der Waals surface area contributed by atoms with Crippen LogP contribution in [0.25, 0.3) is 0 Å². The number of carbonyl (C=O) groups is 1. The van der Waals surface area contributed by atoms with Gasteiger partial charge in [-0.15, -0.1) is 5.10 Å². The van der Waals surface area contributed by atoms with Crippen LogP contribution in [0.4, 0.5) is 15.9 Å². The van der Waals surface area contributed by atoms with Crippen molar-refractivity contribution in [2.24, 2.45) is 0 Å². The molecule has 4 rings (SSSR count). The molecule has 1 amide bonds. The third-order valence-corrected chi connectivity index (χ3v) is 4.36. The number of para-hydroxylation sites is 1. The van der Waals surface area contributed by atoms with E-state index in [0.717, 1.165) is 11.3 Å². The number of nitrogens with one attached hydrogen (secondary N) is 2. The summed E-state index contributed by atoms with van der Waals surface area (Å²) in [4.78, 5) is 17.0. The van der Waals surface area contributed by atoms with Crippen LogP contribution in [0.15, 0.2) is 79.1 Å². The predicted octanol–water partition coefficient (Wildman–Crippen LogP) is 3.53. The van der Waals surface area contributed by atoms with Gasteiger partial charge >= 0.3 is 0 Å². The normalized spacial score (nSPS) is 10.6. The lowest BCUT2D eigenvalue weighted by atomic mass is 10.2. The summed E-state index contributed by atoms with van der Waals surface area (Å²) in [5.41, 5.74) is 2.80. The summed E-state index contributed by atoms with van der Waals surface area (Å²) in [6, 6.07) is 19.1. The number of anilines is 2. The highest BCUT2D eigenvalue weighted by Gasteiger charge is 2.13. The number of pyridine rings is 1. The first kappa shape index (κ1) is 19.3. The molecule has 0 radical (unpaired) electrons. The maximum atomic E-state index is 13.0. The van der Waals surface area contributed by atoms with Gasteiger partial charge in [-0.3, -0.25) is 4.79 Å². The van der Waals surface area contributed by atoms with Crippen LogP contribution in [0.5, 0.6) is 0 Å². The summed E-state index contributed by atoms with van der Waals surface area (Å²) >= 11 is 0. The third kappa shape index (κ3) is 4.85. The minimum Gasteiger partial charge on any atom is -0.346 e. The fourth-order valence-electron chi connectivity index (χ4n) is 2.89. The van der Waals surface area contributed by atoms with Crippen molar-refractivity contribution in [2.75, 3.05) is 5.32 Å². The van der Waals surface area contributed by atoms with Gasteiger partial charge in [-0.2, -0.15) is 0 Å². The molecule has 7 nitrogen and oxygen atoms in total. The van der Waals surface area contributed by atoms with E-state index in [1.54, 1.807) is 41.3 Å². The van der Waals surface area contributed by atoms with E-state index in [1.807, 2.05) is 30.3 Å². The van der Waals surface area contributed by atoms with Crippen LogP contribution in [0.3, 0.4) is 0 Å². The Morgan fingerprint density at radius 1 is 1.00 bits per heavy atom. The lowest BCUT2D eigenvalue weighted by molar-refractivity contribution is 0.0951. The molecule has 2 aromatic heterocycles. The molecule has 2 aromatic carbocycles. The molecule has 0 fully saturated rings. The van der Waals surface area contributed by atoms with E-state index in [1.165, 1.54) is 12.1 Å². The number of hydrogen-bond donors (Lipinski definition) is 2. The molecule has 0 aliphatic rings. The molecule has 8 heteroatoms. The van der Waals surface area contributed by atoms with Crippen molar-refractivity contribution in [3.05, 3.63) is 102 Å². The van der Waals surface area contributed by atoms with E-state index >= 15 is 0 Å². The summed E-state index contributed by atoms with van der Waals surface area (Å²) in [5.74, 6) is -0.0759. The Balaban J connectivity index is 1.38. The van der Waals surface area contributed by atoms with Crippen molar-refractivity contribution in [2.45, 2.75) is 13.1 Å². The molecule has 2 N–H and O–H groups in total. The second-order valence-electron chi connectivity index (χ2n) is 6.61. The van der Waals surface area contributed by atoms with Crippen LogP contribution >= 0.6 is 0 Å². The zero-order chi connectivity index (χ0) is 20.8. The SMILES string of the molecule is O=C(NCc1cn(Cc2ccc(F)cc2)nn1)c1cccnc1Nc1ccccc1. The van der Waals surface area contributed by atoms with Gasteiger partial charge in [0, 0.05) is 11.9 Å². The number of halogens is 1. The Morgan fingerprint density at radius 2 is 1.80 bits per heavy atom. The van der Waals surface area contributed by atoms with Crippen molar-refractivity contribution in [1.82, 2.24) is 25.3 Å². The summed E-state index contributed by atoms with van der Waals surface area (Å²) in [7, 11) is 0. The first-order chi connectivity index (χ1) is 14.7. The van der Waals surface area contributed by atoms with Crippen molar-refractivity contribution >= 4 is 17.4 Å². The molecule has 0 bridgehead atoms. The number of aromatic nitrogens is 4.